The fraction of sp³-hybridized carbons (Fsp3) is 0.0909. The van der Waals surface area contributed by atoms with Gasteiger partial charge in [0.1, 0.15) is 5.69 Å². The van der Waals surface area contributed by atoms with E-state index in [0.717, 1.165) is 16.6 Å². The maximum atomic E-state index is 12.9. The van der Waals surface area contributed by atoms with Crippen LogP contribution in [0.4, 0.5) is 0 Å². The van der Waals surface area contributed by atoms with E-state index in [4.69, 9.17) is 0 Å². The Hall–Kier alpha value is -3.60. The Kier molecular flexibility index (Phi) is 4.34. The van der Waals surface area contributed by atoms with Crippen molar-refractivity contribution in [3.05, 3.63) is 106 Å². The first-order valence-corrected chi connectivity index (χ1v) is 8.62. The molecule has 0 radical (unpaired) electrons. The van der Waals surface area contributed by atoms with Crippen LogP contribution in [0.5, 0.6) is 0 Å². The van der Waals surface area contributed by atoms with E-state index in [-0.39, 0.29) is 16.7 Å². The minimum atomic E-state index is -0.419. The van der Waals surface area contributed by atoms with Gasteiger partial charge in [-0.1, -0.05) is 36.4 Å². The minimum absolute atomic E-state index is 0.0998. The fourth-order valence-electron chi connectivity index (χ4n) is 3.16. The number of nitrogens with zero attached hydrogens (tertiary/aromatic N) is 3. The van der Waals surface area contributed by atoms with Crippen LogP contribution in [0.15, 0.2) is 78.1 Å². The highest BCUT2D eigenvalue weighted by Crippen LogP contribution is 2.17. The summed E-state index contributed by atoms with van der Waals surface area (Å²) in [5, 5.41) is 0.515. The lowest BCUT2D eigenvalue weighted by atomic mass is 10.0. The van der Waals surface area contributed by atoms with Crippen molar-refractivity contribution in [1.29, 1.82) is 0 Å². The van der Waals surface area contributed by atoms with Crippen LogP contribution in [0.3, 0.4) is 0 Å². The molecule has 2 aromatic carbocycles. The Morgan fingerprint density at radius 1 is 1.04 bits per heavy atom. The highest BCUT2D eigenvalue weighted by atomic mass is 16.1. The van der Waals surface area contributed by atoms with Gasteiger partial charge in [0, 0.05) is 30.5 Å². The maximum absolute atomic E-state index is 12.9. The molecule has 0 aliphatic heterocycles. The number of aryl methyl sites for hydroxylation is 1. The number of ketones is 1. The molecule has 0 saturated carbocycles. The Labute approximate surface area is 156 Å². The summed E-state index contributed by atoms with van der Waals surface area (Å²) >= 11 is 0. The number of pyridine rings is 1. The second kappa shape index (κ2) is 6.96. The van der Waals surface area contributed by atoms with Gasteiger partial charge in [0.25, 0.3) is 0 Å². The third-order valence-corrected chi connectivity index (χ3v) is 4.63. The van der Waals surface area contributed by atoms with Gasteiger partial charge in [-0.15, -0.1) is 0 Å². The quantitative estimate of drug-likeness (QED) is 0.527. The van der Waals surface area contributed by atoms with Crippen molar-refractivity contribution in [3.8, 4) is 0 Å². The van der Waals surface area contributed by atoms with E-state index >= 15 is 0 Å². The molecule has 0 bridgehead atoms. The van der Waals surface area contributed by atoms with Gasteiger partial charge in [-0.05, 0) is 30.2 Å². The number of aromatic nitrogens is 3. The number of para-hydroxylation sites is 1. The summed E-state index contributed by atoms with van der Waals surface area (Å²) in [4.78, 5) is 33.8. The summed E-state index contributed by atoms with van der Waals surface area (Å²) in [6, 6.07) is 15.4. The van der Waals surface area contributed by atoms with Gasteiger partial charge in [-0.25, -0.2) is 4.98 Å². The number of rotatable bonds is 4. The van der Waals surface area contributed by atoms with Crippen LogP contribution in [-0.2, 0) is 6.54 Å². The van der Waals surface area contributed by atoms with Gasteiger partial charge >= 0.3 is 0 Å². The van der Waals surface area contributed by atoms with Crippen LogP contribution < -0.4 is 5.43 Å². The van der Waals surface area contributed by atoms with E-state index < -0.39 is 5.78 Å². The molecule has 0 amide bonds. The molecule has 27 heavy (non-hydrogen) atoms. The molecule has 0 spiro atoms. The molecule has 0 atom stereocenters. The number of fused-ring (bicyclic) bond motifs is 1. The molecule has 0 saturated heterocycles. The van der Waals surface area contributed by atoms with E-state index in [9.17, 15) is 9.59 Å². The molecule has 0 aliphatic rings. The third-order valence-electron chi connectivity index (χ3n) is 4.63. The highest BCUT2D eigenvalue weighted by molar-refractivity contribution is 6.08. The summed E-state index contributed by atoms with van der Waals surface area (Å²) in [6.45, 7) is 2.61. The van der Waals surface area contributed by atoms with E-state index in [1.54, 1.807) is 18.3 Å². The predicted octanol–water partition coefficient (Wildman–Crippen LogP) is 3.38. The Morgan fingerprint density at radius 2 is 1.81 bits per heavy atom. The Morgan fingerprint density at radius 3 is 2.59 bits per heavy atom. The van der Waals surface area contributed by atoms with E-state index in [0.29, 0.717) is 11.9 Å². The van der Waals surface area contributed by atoms with Gasteiger partial charge in [0.2, 0.25) is 11.2 Å². The molecule has 4 rings (SSSR count). The zero-order valence-electron chi connectivity index (χ0n) is 14.8. The number of benzene rings is 2. The van der Waals surface area contributed by atoms with Crippen molar-refractivity contribution in [2.24, 2.45) is 0 Å². The lowest BCUT2D eigenvalue weighted by Crippen LogP contribution is -2.21. The molecule has 0 unspecified atom stereocenters. The second-order valence-corrected chi connectivity index (χ2v) is 6.36. The van der Waals surface area contributed by atoms with Crippen molar-refractivity contribution in [2.75, 3.05) is 0 Å². The number of carbonyl (C=O) groups is 1. The zero-order valence-corrected chi connectivity index (χ0v) is 14.8. The first kappa shape index (κ1) is 16.8. The number of carbonyl (C=O) groups excluding carboxylic acids is 1. The molecule has 0 N–H and O–H groups in total. The van der Waals surface area contributed by atoms with Crippen LogP contribution in [-0.4, -0.2) is 20.3 Å². The van der Waals surface area contributed by atoms with Crippen molar-refractivity contribution in [2.45, 2.75) is 13.5 Å². The summed E-state index contributed by atoms with van der Waals surface area (Å²) < 4.78 is 1.95. The van der Waals surface area contributed by atoms with Crippen molar-refractivity contribution >= 4 is 16.7 Å². The molecule has 132 valence electrons. The molecular formula is C22H17N3O2. The molecule has 2 heterocycles. The molecule has 0 aliphatic carbocycles. The van der Waals surface area contributed by atoms with E-state index in [2.05, 4.69) is 9.97 Å². The van der Waals surface area contributed by atoms with Gasteiger partial charge < -0.3 is 4.57 Å². The molecule has 4 aromatic rings. The summed E-state index contributed by atoms with van der Waals surface area (Å²) in [7, 11) is 0. The van der Waals surface area contributed by atoms with Gasteiger partial charge in [-0.3, -0.25) is 14.6 Å². The average molecular weight is 355 g/mol. The fourth-order valence-corrected chi connectivity index (χ4v) is 3.16. The number of hydrogen-bond donors (Lipinski definition) is 0. The average Bonchev–Trinajstić information content (AvgIpc) is 2.72. The van der Waals surface area contributed by atoms with Crippen molar-refractivity contribution < 1.29 is 4.79 Å². The van der Waals surface area contributed by atoms with E-state index in [1.807, 2.05) is 47.9 Å². The standard InChI is InChI=1S/C22H17N3O2/c1-15-6-2-3-7-16(15)13-25-14-18(22(27)19-12-23-10-11-24-19)21(26)17-8-4-5-9-20(17)25/h2-12,14H,13H2,1H3. The lowest BCUT2D eigenvalue weighted by Gasteiger charge is -2.14. The summed E-state index contributed by atoms with van der Waals surface area (Å²) in [6.07, 6.45) is 5.95. The minimum Gasteiger partial charge on any atom is -0.342 e. The third kappa shape index (κ3) is 3.15. The maximum Gasteiger partial charge on any atom is 0.218 e. The molecular weight excluding hydrogens is 338 g/mol. The van der Waals surface area contributed by atoms with Gasteiger partial charge in [0.15, 0.2) is 0 Å². The Balaban J connectivity index is 1.91. The molecule has 2 aromatic heterocycles. The van der Waals surface area contributed by atoms with E-state index in [1.165, 1.54) is 18.6 Å². The van der Waals surface area contributed by atoms with Crippen LogP contribution in [0.2, 0.25) is 0 Å². The molecule has 0 fully saturated rings. The zero-order chi connectivity index (χ0) is 18.8. The summed E-state index contributed by atoms with van der Waals surface area (Å²) in [5.74, 6) is -0.419. The SMILES string of the molecule is Cc1ccccc1Cn1cc(C(=O)c2cnccn2)c(=O)c2ccccc21. The van der Waals surface area contributed by atoms with Gasteiger partial charge in [0.05, 0.1) is 17.3 Å². The monoisotopic (exact) mass is 355 g/mol. The highest BCUT2D eigenvalue weighted by Gasteiger charge is 2.18. The molecule has 5 heteroatoms. The normalized spacial score (nSPS) is 10.9. The molecule has 5 nitrogen and oxygen atoms in total. The van der Waals surface area contributed by atoms with Crippen molar-refractivity contribution in [3.63, 3.8) is 0 Å². The van der Waals surface area contributed by atoms with Crippen LogP contribution in [0.25, 0.3) is 10.9 Å². The topological polar surface area (TPSA) is 64.8 Å². The number of hydrogen-bond acceptors (Lipinski definition) is 4. The Bertz CT molecular complexity index is 1200. The first-order chi connectivity index (χ1) is 13.1. The summed E-state index contributed by atoms with van der Waals surface area (Å²) in [5.41, 5.74) is 3.05. The first-order valence-electron chi connectivity index (χ1n) is 8.62. The van der Waals surface area contributed by atoms with Crippen LogP contribution in [0.1, 0.15) is 27.2 Å². The van der Waals surface area contributed by atoms with Gasteiger partial charge in [-0.2, -0.15) is 0 Å². The lowest BCUT2D eigenvalue weighted by molar-refractivity contribution is 0.103. The van der Waals surface area contributed by atoms with Crippen molar-refractivity contribution in [1.82, 2.24) is 14.5 Å². The van der Waals surface area contributed by atoms with Crippen LogP contribution >= 0.6 is 0 Å². The smallest absolute Gasteiger partial charge is 0.218 e. The predicted molar refractivity (Wildman–Crippen MR) is 104 cm³/mol. The van der Waals surface area contributed by atoms with Crippen LogP contribution in [0, 0.1) is 6.92 Å². The largest absolute Gasteiger partial charge is 0.342 e. The second-order valence-electron chi connectivity index (χ2n) is 6.36.